The molecule has 2 N–H and O–H groups in total. The van der Waals surface area contributed by atoms with Gasteiger partial charge in [0.1, 0.15) is 10.8 Å². The predicted octanol–water partition coefficient (Wildman–Crippen LogP) is 3.62. The molecule has 2 aromatic carbocycles. The molecule has 0 saturated heterocycles. The smallest absolute Gasteiger partial charge is 0.319 e. The van der Waals surface area contributed by atoms with Gasteiger partial charge in [-0.15, -0.1) is 0 Å². The Morgan fingerprint density at radius 3 is 2.75 bits per heavy atom. The van der Waals surface area contributed by atoms with E-state index in [1.54, 1.807) is 7.11 Å². The second kappa shape index (κ2) is 8.16. The number of nitrogens with one attached hydrogen (secondary N) is 2. The monoisotopic (exact) mass is 349 g/mol. The van der Waals surface area contributed by atoms with Crippen molar-refractivity contribution in [2.45, 2.75) is 6.42 Å². The normalized spacial score (nSPS) is 10.1. The van der Waals surface area contributed by atoms with Gasteiger partial charge >= 0.3 is 6.03 Å². The third-order valence-corrected chi connectivity index (χ3v) is 3.59. The van der Waals surface area contributed by atoms with Crippen molar-refractivity contribution in [1.82, 2.24) is 5.32 Å². The van der Waals surface area contributed by atoms with Gasteiger partial charge in [0, 0.05) is 18.3 Å². The molecule has 126 valence electrons. The van der Waals surface area contributed by atoms with E-state index in [-0.39, 0.29) is 10.7 Å². The van der Waals surface area contributed by atoms with Crippen LogP contribution in [0.1, 0.15) is 5.56 Å². The first kappa shape index (κ1) is 17.6. The number of carbonyl (C=O) groups excluding carboxylic acids is 1. The lowest BCUT2D eigenvalue weighted by molar-refractivity contribution is -0.384. The third kappa shape index (κ3) is 4.60. The number of hydrogen-bond donors (Lipinski definition) is 2. The van der Waals surface area contributed by atoms with Crippen LogP contribution < -0.4 is 15.4 Å². The van der Waals surface area contributed by atoms with Crippen LogP contribution in [0.15, 0.2) is 42.5 Å². The number of halogens is 1. The molecular formula is C16H16ClN3O4. The molecule has 0 fully saturated rings. The summed E-state index contributed by atoms with van der Waals surface area (Å²) >= 11 is 5.73. The van der Waals surface area contributed by atoms with Crippen molar-refractivity contribution in [3.8, 4) is 5.75 Å². The Labute approximate surface area is 143 Å². The van der Waals surface area contributed by atoms with Gasteiger partial charge in [0.05, 0.1) is 12.0 Å². The SMILES string of the molecule is COc1ccccc1CCNC(=O)Nc1ccc(Cl)c([N+](=O)[O-])c1. The molecule has 24 heavy (non-hydrogen) atoms. The van der Waals surface area contributed by atoms with E-state index in [0.29, 0.717) is 18.7 Å². The van der Waals surface area contributed by atoms with E-state index in [9.17, 15) is 14.9 Å². The summed E-state index contributed by atoms with van der Waals surface area (Å²) in [7, 11) is 1.59. The highest BCUT2D eigenvalue weighted by Gasteiger charge is 2.13. The second-order valence-corrected chi connectivity index (χ2v) is 5.27. The zero-order valence-electron chi connectivity index (χ0n) is 12.9. The fourth-order valence-corrected chi connectivity index (χ4v) is 2.31. The minimum absolute atomic E-state index is 0.0159. The number of hydrogen-bond acceptors (Lipinski definition) is 4. The standard InChI is InChI=1S/C16H16ClN3O4/c1-24-15-5-3-2-4-11(15)8-9-18-16(21)19-12-6-7-13(17)14(10-12)20(22)23/h2-7,10H,8-9H2,1H3,(H2,18,19,21). The number of para-hydroxylation sites is 1. The van der Waals surface area contributed by atoms with Crippen molar-refractivity contribution in [1.29, 1.82) is 0 Å². The summed E-state index contributed by atoms with van der Waals surface area (Å²) in [5.74, 6) is 0.757. The molecule has 0 aliphatic carbocycles. The van der Waals surface area contributed by atoms with Crippen LogP contribution >= 0.6 is 11.6 Å². The molecular weight excluding hydrogens is 334 g/mol. The number of urea groups is 1. The van der Waals surface area contributed by atoms with E-state index in [1.807, 2.05) is 24.3 Å². The topological polar surface area (TPSA) is 93.5 Å². The molecule has 2 aromatic rings. The maximum Gasteiger partial charge on any atom is 0.319 e. The zero-order valence-corrected chi connectivity index (χ0v) is 13.7. The summed E-state index contributed by atoms with van der Waals surface area (Å²) in [6.07, 6.45) is 0.595. The second-order valence-electron chi connectivity index (χ2n) is 4.87. The van der Waals surface area contributed by atoms with Gasteiger partial charge in [-0.25, -0.2) is 4.79 Å². The molecule has 0 heterocycles. The number of benzene rings is 2. The average molecular weight is 350 g/mol. The molecule has 0 bridgehead atoms. The van der Waals surface area contributed by atoms with Gasteiger partial charge < -0.3 is 15.4 Å². The molecule has 0 unspecified atom stereocenters. The van der Waals surface area contributed by atoms with E-state index < -0.39 is 11.0 Å². The fourth-order valence-electron chi connectivity index (χ4n) is 2.13. The van der Waals surface area contributed by atoms with Gasteiger partial charge in [0.15, 0.2) is 0 Å². The number of carbonyl (C=O) groups is 1. The number of ether oxygens (including phenoxy) is 1. The van der Waals surface area contributed by atoms with Crippen molar-refractivity contribution >= 4 is 29.0 Å². The molecule has 0 aliphatic rings. The number of methoxy groups -OCH3 is 1. The summed E-state index contributed by atoms with van der Waals surface area (Å²) < 4.78 is 5.24. The largest absolute Gasteiger partial charge is 0.496 e. The van der Waals surface area contributed by atoms with Crippen molar-refractivity contribution in [3.63, 3.8) is 0 Å². The molecule has 0 atom stereocenters. The Morgan fingerprint density at radius 2 is 2.04 bits per heavy atom. The van der Waals surface area contributed by atoms with Crippen LogP contribution in [0.25, 0.3) is 0 Å². The molecule has 2 amide bonds. The Kier molecular flexibility index (Phi) is 5.97. The third-order valence-electron chi connectivity index (χ3n) is 3.27. The molecule has 7 nitrogen and oxygen atoms in total. The lowest BCUT2D eigenvalue weighted by atomic mass is 10.1. The first-order chi connectivity index (χ1) is 11.5. The number of amides is 2. The van der Waals surface area contributed by atoms with Crippen molar-refractivity contribution in [2.75, 3.05) is 19.0 Å². The summed E-state index contributed by atoms with van der Waals surface area (Å²) in [6.45, 7) is 0.391. The first-order valence-corrected chi connectivity index (χ1v) is 7.49. The molecule has 0 aromatic heterocycles. The molecule has 0 spiro atoms. The van der Waals surface area contributed by atoms with E-state index in [2.05, 4.69) is 10.6 Å². The number of nitro benzene ring substituents is 1. The van der Waals surface area contributed by atoms with Crippen LogP contribution in [0.2, 0.25) is 5.02 Å². The lowest BCUT2D eigenvalue weighted by Crippen LogP contribution is -2.30. The highest BCUT2D eigenvalue weighted by Crippen LogP contribution is 2.27. The molecule has 2 rings (SSSR count). The Balaban J connectivity index is 1.90. The molecule has 0 saturated carbocycles. The number of nitrogens with zero attached hydrogens (tertiary/aromatic N) is 1. The Morgan fingerprint density at radius 1 is 1.29 bits per heavy atom. The predicted molar refractivity (Wildman–Crippen MR) is 91.8 cm³/mol. The van der Waals surface area contributed by atoms with Crippen LogP contribution in [-0.2, 0) is 6.42 Å². The molecule has 0 radical (unpaired) electrons. The van der Waals surface area contributed by atoms with Crippen molar-refractivity contribution in [3.05, 3.63) is 63.2 Å². The minimum Gasteiger partial charge on any atom is -0.496 e. The van der Waals surface area contributed by atoms with Gasteiger partial charge in [-0.05, 0) is 30.2 Å². The van der Waals surface area contributed by atoms with Crippen LogP contribution in [0.5, 0.6) is 5.75 Å². The lowest BCUT2D eigenvalue weighted by Gasteiger charge is -2.10. The van der Waals surface area contributed by atoms with E-state index in [1.165, 1.54) is 18.2 Å². The summed E-state index contributed by atoms with van der Waals surface area (Å²) in [5.41, 5.74) is 1.01. The minimum atomic E-state index is -0.604. The van der Waals surface area contributed by atoms with Gasteiger partial charge in [-0.1, -0.05) is 29.8 Å². The summed E-state index contributed by atoms with van der Waals surface area (Å²) in [6, 6.07) is 11.1. The summed E-state index contributed by atoms with van der Waals surface area (Å²) in [4.78, 5) is 22.1. The fraction of sp³-hybridized carbons (Fsp3) is 0.188. The van der Waals surface area contributed by atoms with Gasteiger partial charge in [-0.2, -0.15) is 0 Å². The zero-order chi connectivity index (χ0) is 17.5. The van der Waals surface area contributed by atoms with Gasteiger partial charge in [-0.3, -0.25) is 10.1 Å². The maximum absolute atomic E-state index is 11.9. The quantitative estimate of drug-likeness (QED) is 0.615. The van der Waals surface area contributed by atoms with Crippen molar-refractivity contribution in [2.24, 2.45) is 0 Å². The van der Waals surface area contributed by atoms with Crippen molar-refractivity contribution < 1.29 is 14.5 Å². The van der Waals surface area contributed by atoms with Crippen LogP contribution in [0, 0.1) is 10.1 Å². The van der Waals surface area contributed by atoms with Crippen LogP contribution in [0.3, 0.4) is 0 Å². The van der Waals surface area contributed by atoms with E-state index in [0.717, 1.165) is 11.3 Å². The highest BCUT2D eigenvalue weighted by molar-refractivity contribution is 6.32. The van der Waals surface area contributed by atoms with Gasteiger partial charge in [0.2, 0.25) is 0 Å². The maximum atomic E-state index is 11.9. The Bertz CT molecular complexity index is 752. The number of anilines is 1. The highest BCUT2D eigenvalue weighted by atomic mass is 35.5. The first-order valence-electron chi connectivity index (χ1n) is 7.12. The number of nitro groups is 1. The number of rotatable bonds is 6. The van der Waals surface area contributed by atoms with Crippen LogP contribution in [-0.4, -0.2) is 24.6 Å². The molecule has 0 aliphatic heterocycles. The van der Waals surface area contributed by atoms with Gasteiger partial charge in [0.25, 0.3) is 5.69 Å². The van der Waals surface area contributed by atoms with E-state index >= 15 is 0 Å². The summed E-state index contributed by atoms with van der Waals surface area (Å²) in [5, 5.41) is 16.1. The molecule has 8 heteroatoms. The average Bonchev–Trinajstić information content (AvgIpc) is 2.56. The van der Waals surface area contributed by atoms with Crippen LogP contribution in [0.4, 0.5) is 16.2 Å². The Hall–Kier alpha value is -2.80. The van der Waals surface area contributed by atoms with E-state index in [4.69, 9.17) is 16.3 Å².